The molecule has 0 spiro atoms. The van der Waals surface area contributed by atoms with Crippen molar-refractivity contribution in [3.63, 3.8) is 0 Å². The van der Waals surface area contributed by atoms with Gasteiger partial charge in [0, 0.05) is 0 Å². The van der Waals surface area contributed by atoms with Gasteiger partial charge in [0.05, 0.1) is 11.5 Å². The summed E-state index contributed by atoms with van der Waals surface area (Å²) in [4.78, 5) is 12.1. The molecule has 5 heteroatoms. The molecule has 0 saturated carbocycles. The summed E-state index contributed by atoms with van der Waals surface area (Å²) in [6.45, 7) is 2.87. The molecule has 1 heterocycles. The summed E-state index contributed by atoms with van der Waals surface area (Å²) in [5.74, 6) is 0.730. The maximum absolute atomic E-state index is 11.5. The van der Waals surface area contributed by atoms with Crippen LogP contribution in [0, 0.1) is 0 Å². The maximum Gasteiger partial charge on any atom is 0.263 e. The Hall–Kier alpha value is -1.33. The number of thiocarbonyl (C=S) groups is 1. The van der Waals surface area contributed by atoms with Gasteiger partial charge in [-0.2, -0.15) is 0 Å². The third-order valence-corrected chi connectivity index (χ3v) is 3.75. The minimum Gasteiger partial charge on any atom is -0.494 e. The van der Waals surface area contributed by atoms with Crippen LogP contribution in [-0.4, -0.2) is 16.8 Å². The summed E-state index contributed by atoms with van der Waals surface area (Å²) in [7, 11) is 0. The van der Waals surface area contributed by atoms with Gasteiger partial charge in [0.1, 0.15) is 10.1 Å². The Morgan fingerprint density at radius 3 is 2.68 bits per heavy atom. The van der Waals surface area contributed by atoms with Crippen LogP contribution in [-0.2, 0) is 4.79 Å². The fraction of sp³-hybridized carbons (Fsp3) is 0.286. The number of carbonyl (C=O) groups is 1. The molecule has 1 aromatic rings. The van der Waals surface area contributed by atoms with Crippen molar-refractivity contribution in [1.82, 2.24) is 5.32 Å². The topological polar surface area (TPSA) is 38.3 Å². The summed E-state index contributed by atoms with van der Waals surface area (Å²) < 4.78 is 6.09. The van der Waals surface area contributed by atoms with E-state index in [1.807, 2.05) is 30.3 Å². The lowest BCUT2D eigenvalue weighted by atomic mass is 10.2. The summed E-state index contributed by atoms with van der Waals surface area (Å²) >= 11 is 6.23. The Kier molecular flexibility index (Phi) is 4.99. The molecule has 0 radical (unpaired) electrons. The third-order valence-electron chi connectivity index (χ3n) is 2.59. The molecule has 0 bridgehead atoms. The molecule has 1 aliphatic rings. The minimum absolute atomic E-state index is 0.127. The lowest BCUT2D eigenvalue weighted by molar-refractivity contribution is -0.115. The number of hydrogen-bond acceptors (Lipinski definition) is 4. The van der Waals surface area contributed by atoms with Gasteiger partial charge in [0.2, 0.25) is 0 Å². The van der Waals surface area contributed by atoms with Crippen LogP contribution in [0.4, 0.5) is 0 Å². The Labute approximate surface area is 122 Å². The first-order chi connectivity index (χ1) is 9.19. The van der Waals surface area contributed by atoms with E-state index >= 15 is 0 Å². The van der Waals surface area contributed by atoms with Crippen molar-refractivity contribution in [2.75, 3.05) is 6.61 Å². The van der Waals surface area contributed by atoms with Gasteiger partial charge in [-0.05, 0) is 30.2 Å². The van der Waals surface area contributed by atoms with Crippen molar-refractivity contribution < 1.29 is 9.53 Å². The molecule has 1 N–H and O–H groups in total. The van der Waals surface area contributed by atoms with Gasteiger partial charge < -0.3 is 10.1 Å². The molecule has 3 nitrogen and oxygen atoms in total. The van der Waals surface area contributed by atoms with Crippen molar-refractivity contribution in [1.29, 1.82) is 0 Å². The lowest BCUT2D eigenvalue weighted by Gasteiger charge is -2.05. The maximum atomic E-state index is 11.5. The van der Waals surface area contributed by atoms with Crippen LogP contribution >= 0.6 is 24.0 Å². The number of nitrogens with one attached hydrogen (secondary N) is 1. The van der Waals surface area contributed by atoms with Gasteiger partial charge >= 0.3 is 0 Å². The number of unbranched alkanes of at least 4 members (excludes halogenated alkanes) is 1. The van der Waals surface area contributed by atoms with E-state index in [1.54, 1.807) is 0 Å². The van der Waals surface area contributed by atoms with Gasteiger partial charge in [-0.15, -0.1) is 0 Å². The van der Waals surface area contributed by atoms with E-state index in [0.29, 0.717) is 9.23 Å². The summed E-state index contributed by atoms with van der Waals surface area (Å²) in [5.41, 5.74) is 0.963. The van der Waals surface area contributed by atoms with Crippen molar-refractivity contribution in [3.05, 3.63) is 34.7 Å². The molecule has 0 atom stereocenters. The van der Waals surface area contributed by atoms with Crippen LogP contribution in [0.1, 0.15) is 25.3 Å². The summed E-state index contributed by atoms with van der Waals surface area (Å²) in [6, 6.07) is 7.70. The molecule has 1 aromatic carbocycles. The predicted octanol–water partition coefficient (Wildman–Crippen LogP) is 3.35. The highest BCUT2D eigenvalue weighted by Crippen LogP contribution is 2.26. The number of amides is 1. The number of carbonyl (C=O) groups excluding carboxylic acids is 1. The zero-order valence-electron chi connectivity index (χ0n) is 10.6. The predicted molar refractivity (Wildman–Crippen MR) is 83.2 cm³/mol. The molecule has 19 heavy (non-hydrogen) atoms. The molecule has 1 aliphatic heterocycles. The van der Waals surface area contributed by atoms with E-state index in [2.05, 4.69) is 12.2 Å². The molecule has 1 fully saturated rings. The first-order valence-corrected chi connectivity index (χ1v) is 7.39. The monoisotopic (exact) mass is 293 g/mol. The molecule has 0 aliphatic carbocycles. The number of ether oxygens (including phenoxy) is 1. The Balaban J connectivity index is 2.00. The molecule has 2 rings (SSSR count). The fourth-order valence-corrected chi connectivity index (χ4v) is 2.61. The number of thioether (sulfide) groups is 1. The highest BCUT2D eigenvalue weighted by Gasteiger charge is 2.21. The van der Waals surface area contributed by atoms with Crippen molar-refractivity contribution >= 4 is 40.3 Å². The van der Waals surface area contributed by atoms with Gasteiger partial charge in [-0.25, -0.2) is 0 Å². The van der Waals surface area contributed by atoms with E-state index in [4.69, 9.17) is 17.0 Å². The van der Waals surface area contributed by atoms with Crippen molar-refractivity contribution in [3.8, 4) is 5.75 Å². The lowest BCUT2D eigenvalue weighted by Crippen LogP contribution is -2.17. The Morgan fingerprint density at radius 2 is 2.11 bits per heavy atom. The number of hydrogen-bond donors (Lipinski definition) is 1. The fourth-order valence-electron chi connectivity index (χ4n) is 1.57. The van der Waals surface area contributed by atoms with Gasteiger partial charge in [0.15, 0.2) is 0 Å². The van der Waals surface area contributed by atoms with Crippen LogP contribution < -0.4 is 10.1 Å². The van der Waals surface area contributed by atoms with E-state index in [1.165, 1.54) is 11.8 Å². The van der Waals surface area contributed by atoms with E-state index in [9.17, 15) is 4.79 Å². The molecular weight excluding hydrogens is 278 g/mol. The van der Waals surface area contributed by atoms with E-state index in [0.717, 1.165) is 30.8 Å². The van der Waals surface area contributed by atoms with E-state index < -0.39 is 0 Å². The quantitative estimate of drug-likeness (QED) is 0.513. The SMILES string of the molecule is CCCCOc1ccc(/C=C2/SC(=S)NC2=O)cc1. The highest BCUT2D eigenvalue weighted by atomic mass is 32.2. The van der Waals surface area contributed by atoms with Gasteiger partial charge in [-0.1, -0.05) is 49.5 Å². The second kappa shape index (κ2) is 6.73. The zero-order valence-corrected chi connectivity index (χ0v) is 12.3. The average molecular weight is 293 g/mol. The van der Waals surface area contributed by atoms with E-state index in [-0.39, 0.29) is 5.91 Å². The molecule has 1 saturated heterocycles. The smallest absolute Gasteiger partial charge is 0.263 e. The normalized spacial score (nSPS) is 16.8. The minimum atomic E-state index is -0.127. The van der Waals surface area contributed by atoms with Crippen LogP contribution in [0.2, 0.25) is 0 Å². The van der Waals surface area contributed by atoms with Crippen LogP contribution in [0.15, 0.2) is 29.2 Å². The standard InChI is InChI=1S/C14H15NO2S2/c1-2-3-8-17-11-6-4-10(5-7-11)9-12-13(16)15-14(18)19-12/h4-7,9H,2-3,8H2,1H3,(H,15,16,18)/b12-9+. The molecular formula is C14H15NO2S2. The average Bonchev–Trinajstić information content (AvgIpc) is 2.70. The van der Waals surface area contributed by atoms with Crippen molar-refractivity contribution in [2.45, 2.75) is 19.8 Å². The van der Waals surface area contributed by atoms with Crippen LogP contribution in [0.5, 0.6) is 5.75 Å². The largest absolute Gasteiger partial charge is 0.494 e. The third kappa shape index (κ3) is 4.08. The summed E-state index contributed by atoms with van der Waals surface area (Å²) in [6.07, 6.45) is 4.01. The van der Waals surface area contributed by atoms with Crippen molar-refractivity contribution in [2.24, 2.45) is 0 Å². The Morgan fingerprint density at radius 1 is 1.37 bits per heavy atom. The van der Waals surface area contributed by atoms with Crippen LogP contribution in [0.25, 0.3) is 6.08 Å². The first kappa shape index (κ1) is 14.1. The highest BCUT2D eigenvalue weighted by molar-refractivity contribution is 8.26. The summed E-state index contributed by atoms with van der Waals surface area (Å²) in [5, 5.41) is 2.60. The second-order valence-electron chi connectivity index (χ2n) is 4.12. The van der Waals surface area contributed by atoms with Crippen LogP contribution in [0.3, 0.4) is 0 Å². The zero-order chi connectivity index (χ0) is 13.7. The molecule has 0 unspecified atom stereocenters. The number of rotatable bonds is 5. The van der Waals surface area contributed by atoms with Gasteiger partial charge in [-0.3, -0.25) is 4.79 Å². The Bertz CT molecular complexity index is 509. The molecule has 100 valence electrons. The number of benzene rings is 1. The van der Waals surface area contributed by atoms with Gasteiger partial charge in [0.25, 0.3) is 5.91 Å². The first-order valence-electron chi connectivity index (χ1n) is 6.17. The molecule has 1 amide bonds. The molecule has 0 aromatic heterocycles. The second-order valence-corrected chi connectivity index (χ2v) is 5.84.